The standard InChI is InChI=1S/C12H12N2O3/c15-12(16)6-3-9-1-4-11(5-2-9)17-8-10-7-13-14-10/h1-2,4-5,7H,3,6,8H2,(H,15,16). The van der Waals surface area contributed by atoms with Crippen molar-refractivity contribution in [3.63, 3.8) is 0 Å². The molecular weight excluding hydrogens is 220 g/mol. The first kappa shape index (κ1) is 11.3. The first-order valence-electron chi connectivity index (χ1n) is 5.27. The van der Waals surface area contributed by atoms with Gasteiger partial charge in [0.25, 0.3) is 0 Å². The minimum absolute atomic E-state index is 0.146. The van der Waals surface area contributed by atoms with Gasteiger partial charge in [0, 0.05) is 6.42 Å². The molecule has 0 aromatic heterocycles. The molecule has 0 radical (unpaired) electrons. The molecule has 1 heterocycles. The second kappa shape index (κ2) is 5.25. The molecule has 5 heteroatoms. The third-order valence-electron chi connectivity index (χ3n) is 2.33. The normalized spacial score (nSPS) is 12.8. The fourth-order valence-electron chi connectivity index (χ4n) is 1.37. The Morgan fingerprint density at radius 1 is 1.29 bits per heavy atom. The average molecular weight is 232 g/mol. The van der Waals surface area contributed by atoms with E-state index in [1.54, 1.807) is 6.20 Å². The molecule has 0 amide bonds. The van der Waals surface area contributed by atoms with Crippen molar-refractivity contribution in [2.45, 2.75) is 12.8 Å². The van der Waals surface area contributed by atoms with Crippen LogP contribution in [0, 0.1) is 0 Å². The maximum Gasteiger partial charge on any atom is 0.303 e. The van der Waals surface area contributed by atoms with Crippen molar-refractivity contribution in [3.8, 4) is 5.75 Å². The Hall–Kier alpha value is -2.17. The average Bonchev–Trinajstić information content (AvgIpc) is 2.26. The summed E-state index contributed by atoms with van der Waals surface area (Å²) in [5, 5.41) is 15.9. The highest BCUT2D eigenvalue weighted by Crippen LogP contribution is 2.16. The van der Waals surface area contributed by atoms with Gasteiger partial charge >= 0.3 is 5.97 Å². The zero-order chi connectivity index (χ0) is 12.1. The first-order valence-corrected chi connectivity index (χ1v) is 5.27. The molecule has 5 nitrogen and oxygen atoms in total. The molecule has 0 fully saturated rings. The molecule has 0 bridgehead atoms. The molecule has 2 rings (SSSR count). The highest BCUT2D eigenvalue weighted by molar-refractivity contribution is 5.67. The molecule has 0 saturated heterocycles. The van der Waals surface area contributed by atoms with E-state index in [1.807, 2.05) is 24.3 Å². The topological polar surface area (TPSA) is 71.2 Å². The van der Waals surface area contributed by atoms with E-state index in [0.717, 1.165) is 17.0 Å². The molecule has 0 saturated carbocycles. The van der Waals surface area contributed by atoms with Crippen LogP contribution in [-0.2, 0) is 11.2 Å². The summed E-state index contributed by atoms with van der Waals surface area (Å²) < 4.78 is 5.45. The lowest BCUT2D eigenvalue weighted by Crippen LogP contribution is -2.02. The van der Waals surface area contributed by atoms with Crippen LogP contribution in [0.3, 0.4) is 0 Å². The second-order valence-electron chi connectivity index (χ2n) is 3.66. The predicted molar refractivity (Wildman–Crippen MR) is 60.8 cm³/mol. The maximum atomic E-state index is 10.4. The van der Waals surface area contributed by atoms with Crippen molar-refractivity contribution in [1.29, 1.82) is 0 Å². The summed E-state index contributed by atoms with van der Waals surface area (Å²) in [6, 6.07) is 7.39. The van der Waals surface area contributed by atoms with Gasteiger partial charge in [-0.1, -0.05) is 12.1 Å². The van der Waals surface area contributed by atoms with Crippen molar-refractivity contribution < 1.29 is 14.6 Å². The lowest BCUT2D eigenvalue weighted by atomic mass is 10.1. The monoisotopic (exact) mass is 232 g/mol. The largest absolute Gasteiger partial charge is 0.487 e. The molecule has 1 aliphatic rings. The zero-order valence-electron chi connectivity index (χ0n) is 9.17. The summed E-state index contributed by atoms with van der Waals surface area (Å²) in [6.07, 6.45) is 2.34. The molecule has 0 spiro atoms. The smallest absolute Gasteiger partial charge is 0.303 e. The molecule has 0 unspecified atom stereocenters. The Bertz CT molecular complexity index is 463. The van der Waals surface area contributed by atoms with E-state index in [-0.39, 0.29) is 6.42 Å². The number of carboxylic acids is 1. The number of carbonyl (C=O) groups is 1. The summed E-state index contributed by atoms with van der Waals surface area (Å²) >= 11 is 0. The lowest BCUT2D eigenvalue weighted by Gasteiger charge is -2.08. The summed E-state index contributed by atoms with van der Waals surface area (Å²) in [5.41, 5.74) is 1.81. The third kappa shape index (κ3) is 3.41. The predicted octanol–water partition coefficient (Wildman–Crippen LogP) is 2.39. The Labute approximate surface area is 98.4 Å². The van der Waals surface area contributed by atoms with Crippen LogP contribution in [0.2, 0.25) is 0 Å². The van der Waals surface area contributed by atoms with Crippen LogP contribution in [0.4, 0.5) is 0 Å². The van der Waals surface area contributed by atoms with E-state index >= 15 is 0 Å². The highest BCUT2D eigenvalue weighted by Gasteiger charge is 2.03. The number of aliphatic carboxylic acids is 1. The molecule has 0 aliphatic carbocycles. The van der Waals surface area contributed by atoms with Crippen molar-refractivity contribution in [2.24, 2.45) is 10.2 Å². The van der Waals surface area contributed by atoms with E-state index in [9.17, 15) is 4.79 Å². The molecule has 0 atom stereocenters. The number of carboxylic acid groups (broad SMARTS) is 1. The Kier molecular flexibility index (Phi) is 3.49. The summed E-state index contributed by atoms with van der Waals surface area (Å²) in [7, 11) is 0. The highest BCUT2D eigenvalue weighted by atomic mass is 16.5. The van der Waals surface area contributed by atoms with Gasteiger partial charge in [-0.3, -0.25) is 4.79 Å². The van der Waals surface area contributed by atoms with Crippen molar-refractivity contribution >= 4 is 5.97 Å². The van der Waals surface area contributed by atoms with Gasteiger partial charge in [0.2, 0.25) is 0 Å². The zero-order valence-corrected chi connectivity index (χ0v) is 9.17. The molecule has 1 N–H and O–H groups in total. The van der Waals surface area contributed by atoms with Crippen molar-refractivity contribution in [3.05, 3.63) is 41.7 Å². The minimum atomic E-state index is -0.785. The maximum absolute atomic E-state index is 10.4. The SMILES string of the molecule is O=C(O)CCc1ccc(OCC2=CN=N2)cc1. The van der Waals surface area contributed by atoms with Gasteiger partial charge in [-0.15, -0.1) is 0 Å². The van der Waals surface area contributed by atoms with Gasteiger partial charge in [-0.25, -0.2) is 0 Å². The third-order valence-corrected chi connectivity index (χ3v) is 2.33. The van der Waals surface area contributed by atoms with E-state index in [2.05, 4.69) is 10.2 Å². The molecule has 1 aromatic carbocycles. The molecule has 1 aliphatic heterocycles. The van der Waals surface area contributed by atoms with E-state index in [4.69, 9.17) is 9.84 Å². The Balaban J connectivity index is 1.82. The summed E-state index contributed by atoms with van der Waals surface area (Å²) in [5.74, 6) is -0.0420. The lowest BCUT2D eigenvalue weighted by molar-refractivity contribution is -0.136. The summed E-state index contributed by atoms with van der Waals surface area (Å²) in [4.78, 5) is 10.4. The number of benzene rings is 1. The number of azo groups is 1. The molecule has 88 valence electrons. The van der Waals surface area contributed by atoms with Gasteiger partial charge in [0.05, 0.1) is 6.20 Å². The van der Waals surface area contributed by atoms with Crippen LogP contribution in [-0.4, -0.2) is 17.7 Å². The van der Waals surface area contributed by atoms with Gasteiger partial charge in [0.1, 0.15) is 18.1 Å². The van der Waals surface area contributed by atoms with E-state index < -0.39 is 5.97 Å². The number of aryl methyl sites for hydroxylation is 1. The number of rotatable bonds is 6. The molecule has 17 heavy (non-hydrogen) atoms. The van der Waals surface area contributed by atoms with Crippen LogP contribution in [0.1, 0.15) is 12.0 Å². The number of nitrogens with zero attached hydrogens (tertiary/aromatic N) is 2. The van der Waals surface area contributed by atoms with E-state index in [0.29, 0.717) is 13.0 Å². The van der Waals surface area contributed by atoms with Crippen LogP contribution in [0.15, 0.2) is 46.4 Å². The van der Waals surface area contributed by atoms with Gasteiger partial charge < -0.3 is 9.84 Å². The van der Waals surface area contributed by atoms with Gasteiger partial charge in [-0.2, -0.15) is 10.2 Å². The number of hydrogen-bond acceptors (Lipinski definition) is 4. The van der Waals surface area contributed by atoms with Gasteiger partial charge in [0.15, 0.2) is 0 Å². The van der Waals surface area contributed by atoms with E-state index in [1.165, 1.54) is 0 Å². The molecular formula is C12H12N2O3. The van der Waals surface area contributed by atoms with Crippen LogP contribution in [0.25, 0.3) is 0 Å². The Morgan fingerprint density at radius 2 is 2.00 bits per heavy atom. The fourth-order valence-corrected chi connectivity index (χ4v) is 1.37. The van der Waals surface area contributed by atoms with Crippen molar-refractivity contribution in [2.75, 3.05) is 6.61 Å². The van der Waals surface area contributed by atoms with Crippen LogP contribution >= 0.6 is 0 Å². The minimum Gasteiger partial charge on any atom is -0.487 e. The Morgan fingerprint density at radius 3 is 2.53 bits per heavy atom. The van der Waals surface area contributed by atoms with Gasteiger partial charge in [-0.05, 0) is 24.1 Å². The second-order valence-corrected chi connectivity index (χ2v) is 3.66. The summed E-state index contributed by atoms with van der Waals surface area (Å²) in [6.45, 7) is 0.415. The van der Waals surface area contributed by atoms with Crippen LogP contribution in [0.5, 0.6) is 5.75 Å². The van der Waals surface area contributed by atoms with Crippen molar-refractivity contribution in [1.82, 2.24) is 0 Å². The number of hydrogen-bond donors (Lipinski definition) is 1. The quantitative estimate of drug-likeness (QED) is 0.818. The fraction of sp³-hybridized carbons (Fsp3) is 0.250. The number of ether oxygens (including phenoxy) is 1. The first-order chi connectivity index (χ1) is 8.24. The molecule has 1 aromatic rings. The van der Waals surface area contributed by atoms with Crippen LogP contribution < -0.4 is 4.74 Å².